The maximum Gasteiger partial charge on any atom is 0.124 e. The molecule has 1 heteroatoms. The third kappa shape index (κ3) is 2.28. The van der Waals surface area contributed by atoms with Crippen molar-refractivity contribution in [3.63, 3.8) is 0 Å². The highest BCUT2D eigenvalue weighted by atomic mass is 16.3. The quantitative estimate of drug-likeness (QED) is 0.279. The summed E-state index contributed by atoms with van der Waals surface area (Å²) < 4.78 is 0. The van der Waals surface area contributed by atoms with Gasteiger partial charge in [0.25, 0.3) is 0 Å². The Balaban J connectivity index is 1.55. The van der Waals surface area contributed by atoms with Crippen molar-refractivity contribution in [3.05, 3.63) is 125 Å². The zero-order valence-corrected chi connectivity index (χ0v) is 17.4. The molecule has 0 spiro atoms. The van der Waals surface area contributed by atoms with Gasteiger partial charge in [-0.05, 0) is 66.9 Å². The molecule has 0 bridgehead atoms. The van der Waals surface area contributed by atoms with Crippen molar-refractivity contribution < 1.29 is 5.11 Å². The van der Waals surface area contributed by atoms with Crippen molar-refractivity contribution in [2.45, 2.75) is 5.92 Å². The Morgan fingerprint density at radius 3 is 2.28 bits per heavy atom. The van der Waals surface area contributed by atoms with Gasteiger partial charge in [-0.3, -0.25) is 0 Å². The molecule has 1 nitrogen and oxygen atoms in total. The second-order valence-corrected chi connectivity index (χ2v) is 8.64. The molecule has 0 fully saturated rings. The molecule has 1 unspecified atom stereocenters. The molecular weight excluding hydrogens is 388 g/mol. The molecule has 1 atom stereocenters. The van der Waals surface area contributed by atoms with E-state index in [-0.39, 0.29) is 5.92 Å². The van der Waals surface area contributed by atoms with Crippen LogP contribution in [0.15, 0.2) is 109 Å². The summed E-state index contributed by atoms with van der Waals surface area (Å²) in [5, 5.41) is 17.9. The molecule has 0 saturated carbocycles. The number of rotatable bonds is 1. The lowest BCUT2D eigenvalue weighted by molar-refractivity contribution is 0.481. The minimum atomic E-state index is 0.174. The van der Waals surface area contributed by atoms with Gasteiger partial charge in [0.15, 0.2) is 0 Å². The first kappa shape index (κ1) is 17.6. The fourth-order valence-electron chi connectivity index (χ4n) is 5.66. The van der Waals surface area contributed by atoms with Crippen LogP contribution in [0.5, 0.6) is 5.75 Å². The van der Waals surface area contributed by atoms with Gasteiger partial charge in [-0.1, -0.05) is 97.1 Å². The first-order valence-corrected chi connectivity index (χ1v) is 11.1. The topological polar surface area (TPSA) is 20.2 Å². The second kappa shape index (κ2) is 6.45. The van der Waals surface area contributed by atoms with Crippen molar-refractivity contribution in [3.8, 4) is 5.75 Å². The Labute approximate surface area is 186 Å². The van der Waals surface area contributed by atoms with Crippen LogP contribution in [-0.4, -0.2) is 5.11 Å². The number of hydrogen-bond donors (Lipinski definition) is 1. The number of aromatic hydroxyl groups is 1. The van der Waals surface area contributed by atoms with E-state index < -0.39 is 0 Å². The highest BCUT2D eigenvalue weighted by Crippen LogP contribution is 2.52. The smallest absolute Gasteiger partial charge is 0.124 e. The minimum absolute atomic E-state index is 0.174. The van der Waals surface area contributed by atoms with E-state index in [1.165, 1.54) is 43.8 Å². The van der Waals surface area contributed by atoms with Gasteiger partial charge in [0, 0.05) is 11.3 Å². The van der Waals surface area contributed by atoms with Gasteiger partial charge in [-0.25, -0.2) is 0 Å². The molecule has 150 valence electrons. The van der Waals surface area contributed by atoms with E-state index in [4.69, 9.17) is 0 Å². The number of phenols is 1. The molecule has 0 amide bonds. The van der Waals surface area contributed by atoms with Crippen LogP contribution in [0, 0.1) is 0 Å². The molecule has 5 aromatic rings. The number of phenolic OH excluding ortho intramolecular Hbond substituents is 1. The summed E-state index contributed by atoms with van der Waals surface area (Å²) >= 11 is 0. The van der Waals surface area contributed by atoms with Gasteiger partial charge in [0.1, 0.15) is 5.75 Å². The number of hydrogen-bond acceptors (Lipinski definition) is 1. The molecule has 1 N–H and O–H groups in total. The molecule has 0 heterocycles. The molecule has 7 rings (SSSR count). The lowest BCUT2D eigenvalue weighted by Gasteiger charge is -2.22. The Morgan fingerprint density at radius 1 is 0.656 bits per heavy atom. The Kier molecular flexibility index (Phi) is 3.54. The number of fused-ring (bicyclic) bond motifs is 9. The predicted molar refractivity (Wildman–Crippen MR) is 135 cm³/mol. The van der Waals surface area contributed by atoms with E-state index in [1.807, 2.05) is 6.07 Å². The average Bonchev–Trinajstić information content (AvgIpc) is 3.24. The summed E-state index contributed by atoms with van der Waals surface area (Å²) in [5.74, 6) is 0.517. The van der Waals surface area contributed by atoms with Crippen molar-refractivity contribution in [2.75, 3.05) is 0 Å². The summed E-state index contributed by atoms with van der Waals surface area (Å²) in [5.41, 5.74) is 6.26. The van der Waals surface area contributed by atoms with Gasteiger partial charge in [0.05, 0.1) is 0 Å². The van der Waals surface area contributed by atoms with E-state index in [2.05, 4.69) is 97.1 Å². The Bertz CT molecular complexity index is 1670. The average molecular weight is 409 g/mol. The second-order valence-electron chi connectivity index (χ2n) is 8.64. The zero-order valence-electron chi connectivity index (χ0n) is 17.4. The Morgan fingerprint density at radius 2 is 1.38 bits per heavy atom. The van der Waals surface area contributed by atoms with Crippen LogP contribution in [0.25, 0.3) is 44.0 Å². The summed E-state index contributed by atoms with van der Waals surface area (Å²) in [6.45, 7) is 0. The van der Waals surface area contributed by atoms with Crippen molar-refractivity contribution >= 4 is 44.0 Å². The van der Waals surface area contributed by atoms with Crippen LogP contribution in [-0.2, 0) is 0 Å². The molecule has 0 aliphatic heterocycles. The maximum absolute atomic E-state index is 10.9. The van der Waals surface area contributed by atoms with Crippen LogP contribution in [0.3, 0.4) is 0 Å². The highest BCUT2D eigenvalue weighted by Gasteiger charge is 2.31. The summed E-state index contributed by atoms with van der Waals surface area (Å²) in [7, 11) is 0. The van der Waals surface area contributed by atoms with E-state index >= 15 is 0 Å². The highest BCUT2D eigenvalue weighted by molar-refractivity contribution is 6.21. The van der Waals surface area contributed by atoms with Crippen LogP contribution < -0.4 is 0 Å². The predicted octanol–water partition coefficient (Wildman–Crippen LogP) is 7.99. The SMILES string of the molecule is Oc1cccc2c1c1c(c3ccccc32)C2=CC=CC(c3cccc4ccccc34)C2=C1. The van der Waals surface area contributed by atoms with Crippen LogP contribution in [0.4, 0.5) is 0 Å². The van der Waals surface area contributed by atoms with Crippen molar-refractivity contribution in [1.29, 1.82) is 0 Å². The first-order valence-electron chi connectivity index (χ1n) is 11.1. The van der Waals surface area contributed by atoms with E-state index in [1.54, 1.807) is 6.07 Å². The third-order valence-corrected chi connectivity index (χ3v) is 7.01. The van der Waals surface area contributed by atoms with Crippen molar-refractivity contribution in [2.24, 2.45) is 0 Å². The minimum Gasteiger partial charge on any atom is -0.507 e. The number of benzene rings is 5. The fourth-order valence-corrected chi connectivity index (χ4v) is 5.66. The fraction of sp³-hybridized carbons (Fsp3) is 0.0323. The van der Waals surface area contributed by atoms with Gasteiger partial charge in [0.2, 0.25) is 0 Å². The maximum atomic E-state index is 10.9. The molecule has 0 aromatic heterocycles. The lowest BCUT2D eigenvalue weighted by atomic mass is 9.81. The molecule has 32 heavy (non-hydrogen) atoms. The molecule has 2 aliphatic rings. The summed E-state index contributed by atoms with van der Waals surface area (Å²) in [4.78, 5) is 0. The summed E-state index contributed by atoms with van der Waals surface area (Å²) in [6, 6.07) is 29.6. The molecule has 2 aliphatic carbocycles. The zero-order chi connectivity index (χ0) is 21.2. The van der Waals surface area contributed by atoms with E-state index in [0.29, 0.717) is 5.75 Å². The van der Waals surface area contributed by atoms with Gasteiger partial charge < -0.3 is 5.11 Å². The lowest BCUT2D eigenvalue weighted by Crippen LogP contribution is -2.03. The van der Waals surface area contributed by atoms with E-state index in [0.717, 1.165) is 16.3 Å². The van der Waals surface area contributed by atoms with Gasteiger partial charge in [-0.2, -0.15) is 0 Å². The Hall–Kier alpha value is -4.10. The van der Waals surface area contributed by atoms with Crippen LogP contribution >= 0.6 is 0 Å². The van der Waals surface area contributed by atoms with Gasteiger partial charge >= 0.3 is 0 Å². The molecule has 5 aromatic carbocycles. The monoisotopic (exact) mass is 408 g/mol. The standard InChI is InChI=1S/C31H20O/c32-29-17-7-16-25-23-11-3-4-12-24(23)30-26-15-6-14-22(27(26)18-28(30)31(25)29)21-13-5-9-19-8-1-2-10-20(19)21/h1-18,22,32H. The normalized spacial score (nSPS) is 16.8. The number of allylic oxidation sites excluding steroid dienone is 5. The largest absolute Gasteiger partial charge is 0.507 e. The third-order valence-electron chi connectivity index (χ3n) is 7.01. The van der Waals surface area contributed by atoms with Crippen molar-refractivity contribution in [1.82, 2.24) is 0 Å². The van der Waals surface area contributed by atoms with Gasteiger partial charge in [-0.15, -0.1) is 0 Å². The van der Waals surface area contributed by atoms with Crippen LogP contribution in [0.1, 0.15) is 22.6 Å². The first-order chi connectivity index (χ1) is 15.8. The molecule has 0 radical (unpaired) electrons. The molecule has 0 saturated heterocycles. The van der Waals surface area contributed by atoms with Crippen LogP contribution in [0.2, 0.25) is 0 Å². The molecular formula is C31H20O. The summed E-state index contributed by atoms with van der Waals surface area (Å²) in [6.07, 6.45) is 9.04. The van der Waals surface area contributed by atoms with E-state index in [9.17, 15) is 5.11 Å².